The van der Waals surface area contributed by atoms with Gasteiger partial charge < -0.3 is 5.32 Å². The lowest BCUT2D eigenvalue weighted by Gasteiger charge is -2.01. The topological polar surface area (TPSA) is 59.6 Å². The van der Waals surface area contributed by atoms with Crippen LogP contribution in [0.1, 0.15) is 0 Å². The molecule has 0 unspecified atom stereocenters. The van der Waals surface area contributed by atoms with E-state index in [-0.39, 0.29) is 5.57 Å². The number of halogens is 1. The Hall–Kier alpha value is -1.97. The largest absolute Gasteiger partial charge is 0.359 e. The molecule has 0 aliphatic heterocycles. The van der Waals surface area contributed by atoms with E-state index in [4.69, 9.17) is 22.1 Å². The first-order valence-electron chi connectivity index (χ1n) is 3.79. The number of nitrogens with one attached hydrogen (secondary N) is 1. The highest BCUT2D eigenvalue weighted by Gasteiger charge is 1.96. The molecule has 0 bridgehead atoms. The molecule has 0 fully saturated rings. The SMILES string of the molecule is N#CC(C#N)=CNc1ccccc1Cl. The van der Waals surface area contributed by atoms with Crippen LogP contribution in [0.2, 0.25) is 5.02 Å². The van der Waals surface area contributed by atoms with Gasteiger partial charge in [-0.15, -0.1) is 0 Å². The predicted molar refractivity (Wildman–Crippen MR) is 54.4 cm³/mol. The van der Waals surface area contributed by atoms with E-state index in [0.717, 1.165) is 0 Å². The highest BCUT2D eigenvalue weighted by Crippen LogP contribution is 2.20. The van der Waals surface area contributed by atoms with Crippen LogP contribution in [0.4, 0.5) is 5.69 Å². The fourth-order valence-corrected chi connectivity index (χ4v) is 1.01. The Morgan fingerprint density at radius 3 is 2.50 bits per heavy atom. The van der Waals surface area contributed by atoms with Gasteiger partial charge in [-0.25, -0.2) is 0 Å². The highest BCUT2D eigenvalue weighted by atomic mass is 35.5. The Morgan fingerprint density at radius 2 is 1.93 bits per heavy atom. The molecule has 0 spiro atoms. The molecule has 0 aromatic heterocycles. The summed E-state index contributed by atoms with van der Waals surface area (Å²) in [6, 6.07) is 10.5. The van der Waals surface area contributed by atoms with Crippen LogP contribution in [-0.2, 0) is 0 Å². The van der Waals surface area contributed by atoms with Gasteiger partial charge in [0.1, 0.15) is 17.7 Å². The number of allylic oxidation sites excluding steroid dienone is 1. The quantitative estimate of drug-likeness (QED) is 0.752. The van der Waals surface area contributed by atoms with Crippen LogP contribution >= 0.6 is 11.6 Å². The fraction of sp³-hybridized carbons (Fsp3) is 0. The maximum absolute atomic E-state index is 8.46. The summed E-state index contributed by atoms with van der Waals surface area (Å²) in [5.41, 5.74) is 0.669. The van der Waals surface area contributed by atoms with E-state index in [1.165, 1.54) is 6.20 Å². The second kappa shape index (κ2) is 4.91. The number of benzene rings is 1. The van der Waals surface area contributed by atoms with Crippen LogP contribution in [0, 0.1) is 22.7 Å². The van der Waals surface area contributed by atoms with Crippen molar-refractivity contribution in [3.63, 3.8) is 0 Å². The summed E-state index contributed by atoms with van der Waals surface area (Å²) in [4.78, 5) is 0. The summed E-state index contributed by atoms with van der Waals surface area (Å²) in [5, 5.41) is 20.2. The van der Waals surface area contributed by atoms with Gasteiger partial charge in [0, 0.05) is 6.20 Å². The Labute approximate surface area is 86.8 Å². The molecule has 4 heteroatoms. The van der Waals surface area contributed by atoms with Crippen molar-refractivity contribution in [2.75, 3.05) is 5.32 Å². The minimum absolute atomic E-state index is 0.00456. The summed E-state index contributed by atoms with van der Waals surface area (Å²) in [5.74, 6) is 0. The maximum atomic E-state index is 8.46. The third-order valence-electron chi connectivity index (χ3n) is 1.49. The van der Waals surface area contributed by atoms with E-state index < -0.39 is 0 Å². The van der Waals surface area contributed by atoms with Gasteiger partial charge in [0.2, 0.25) is 0 Å². The number of nitriles is 2. The smallest absolute Gasteiger partial charge is 0.145 e. The van der Waals surface area contributed by atoms with E-state index in [1.54, 1.807) is 36.4 Å². The van der Waals surface area contributed by atoms with Gasteiger partial charge >= 0.3 is 0 Å². The second-order valence-electron chi connectivity index (χ2n) is 2.41. The summed E-state index contributed by atoms with van der Waals surface area (Å²) < 4.78 is 0. The molecule has 1 N–H and O–H groups in total. The van der Waals surface area contributed by atoms with Crippen molar-refractivity contribution in [1.29, 1.82) is 10.5 Å². The minimum atomic E-state index is 0.00456. The normalized spacial score (nSPS) is 8.21. The summed E-state index contributed by atoms with van der Waals surface area (Å²) in [6.45, 7) is 0. The molecular formula is C10H6ClN3. The average molecular weight is 204 g/mol. The summed E-state index contributed by atoms with van der Waals surface area (Å²) in [6.07, 6.45) is 1.32. The number of hydrogen-bond acceptors (Lipinski definition) is 3. The molecule has 0 radical (unpaired) electrons. The van der Waals surface area contributed by atoms with Crippen molar-refractivity contribution >= 4 is 17.3 Å². The first kappa shape index (κ1) is 10.1. The third-order valence-corrected chi connectivity index (χ3v) is 1.82. The van der Waals surface area contributed by atoms with Crippen LogP contribution < -0.4 is 5.32 Å². The van der Waals surface area contributed by atoms with Gasteiger partial charge in [-0.3, -0.25) is 0 Å². The van der Waals surface area contributed by atoms with Gasteiger partial charge in [0.15, 0.2) is 0 Å². The van der Waals surface area contributed by atoms with Crippen molar-refractivity contribution in [2.45, 2.75) is 0 Å². The van der Waals surface area contributed by atoms with Crippen LogP contribution in [-0.4, -0.2) is 0 Å². The second-order valence-corrected chi connectivity index (χ2v) is 2.81. The Bertz CT molecular complexity index is 421. The number of anilines is 1. The molecule has 68 valence electrons. The van der Waals surface area contributed by atoms with Gasteiger partial charge in [0.25, 0.3) is 0 Å². The molecule has 0 atom stereocenters. The van der Waals surface area contributed by atoms with Crippen LogP contribution in [0.5, 0.6) is 0 Å². The zero-order chi connectivity index (χ0) is 10.4. The standard InChI is InChI=1S/C10H6ClN3/c11-9-3-1-2-4-10(9)14-7-8(5-12)6-13/h1-4,7,14H. The maximum Gasteiger partial charge on any atom is 0.145 e. The Morgan fingerprint density at radius 1 is 1.29 bits per heavy atom. The van der Waals surface area contributed by atoms with Gasteiger partial charge in [0.05, 0.1) is 10.7 Å². The van der Waals surface area contributed by atoms with Crippen LogP contribution in [0.3, 0.4) is 0 Å². The molecule has 0 aliphatic rings. The van der Waals surface area contributed by atoms with E-state index in [0.29, 0.717) is 10.7 Å². The Balaban J connectivity index is 2.83. The Kier molecular flexibility index (Phi) is 3.55. The molecule has 1 aromatic rings. The molecule has 14 heavy (non-hydrogen) atoms. The molecule has 1 rings (SSSR count). The number of nitrogens with zero attached hydrogens (tertiary/aromatic N) is 2. The first-order chi connectivity index (χ1) is 6.77. The summed E-state index contributed by atoms with van der Waals surface area (Å²) >= 11 is 5.84. The van der Waals surface area contributed by atoms with E-state index >= 15 is 0 Å². The predicted octanol–water partition coefficient (Wildman–Crippen LogP) is 2.68. The third kappa shape index (κ3) is 2.52. The lowest BCUT2D eigenvalue weighted by atomic mass is 10.3. The lowest BCUT2D eigenvalue weighted by molar-refractivity contribution is 1.44. The number of rotatable bonds is 2. The van der Waals surface area contributed by atoms with Crippen molar-refractivity contribution in [2.24, 2.45) is 0 Å². The molecule has 0 saturated carbocycles. The van der Waals surface area contributed by atoms with Gasteiger partial charge in [-0.1, -0.05) is 23.7 Å². The molecule has 1 aromatic carbocycles. The fourth-order valence-electron chi connectivity index (χ4n) is 0.818. The molecular weight excluding hydrogens is 198 g/mol. The van der Waals surface area contributed by atoms with Crippen molar-refractivity contribution in [3.8, 4) is 12.1 Å². The average Bonchev–Trinajstić information content (AvgIpc) is 2.22. The van der Waals surface area contributed by atoms with Crippen molar-refractivity contribution in [1.82, 2.24) is 0 Å². The van der Waals surface area contributed by atoms with Crippen molar-refractivity contribution < 1.29 is 0 Å². The zero-order valence-corrected chi connectivity index (χ0v) is 7.92. The van der Waals surface area contributed by atoms with E-state index in [9.17, 15) is 0 Å². The number of para-hydroxylation sites is 1. The van der Waals surface area contributed by atoms with E-state index in [2.05, 4.69) is 5.32 Å². The molecule has 0 heterocycles. The lowest BCUT2D eigenvalue weighted by Crippen LogP contribution is -1.90. The number of hydrogen-bond donors (Lipinski definition) is 1. The van der Waals surface area contributed by atoms with E-state index in [1.807, 2.05) is 0 Å². The van der Waals surface area contributed by atoms with Gasteiger partial charge in [-0.05, 0) is 12.1 Å². The molecule has 3 nitrogen and oxygen atoms in total. The highest BCUT2D eigenvalue weighted by molar-refractivity contribution is 6.33. The van der Waals surface area contributed by atoms with Crippen molar-refractivity contribution in [3.05, 3.63) is 41.1 Å². The monoisotopic (exact) mass is 203 g/mol. The zero-order valence-electron chi connectivity index (χ0n) is 7.16. The minimum Gasteiger partial charge on any atom is -0.359 e. The van der Waals surface area contributed by atoms with Crippen LogP contribution in [0.15, 0.2) is 36.0 Å². The first-order valence-corrected chi connectivity index (χ1v) is 4.17. The molecule has 0 aliphatic carbocycles. The van der Waals surface area contributed by atoms with Gasteiger partial charge in [-0.2, -0.15) is 10.5 Å². The molecule has 0 saturated heterocycles. The molecule has 0 amide bonds. The van der Waals surface area contributed by atoms with Crippen LogP contribution in [0.25, 0.3) is 0 Å². The summed E-state index contributed by atoms with van der Waals surface area (Å²) in [7, 11) is 0.